The zero-order valence-electron chi connectivity index (χ0n) is 30.1. The standard InChI is InChI=1S/C41H59NO7/c1-28-9-8-19-40(2)37(35-17-13-29(21-32(44)15-12-28)22-36(35)39(46)30-10-6-5-7-11-30)18-20-41(40,47)27-42(25-33(45)26-43)24-31-14-16-34(48-3)23-38(31)49-4/h9,13-14,16-17,22-23,30,32-33,37,43-45,47H,5-8,10-12,15,18-21,24-27H2,1-4H3/t32-,33-,37-,40-,41+/m0/s1. The van der Waals surface area contributed by atoms with E-state index < -0.39 is 23.2 Å². The van der Waals surface area contributed by atoms with Crippen molar-refractivity contribution in [3.8, 4) is 11.5 Å². The lowest BCUT2D eigenvalue weighted by atomic mass is 9.64. The zero-order valence-corrected chi connectivity index (χ0v) is 30.1. The van der Waals surface area contributed by atoms with E-state index in [-0.39, 0.29) is 37.3 Å². The van der Waals surface area contributed by atoms with Gasteiger partial charge in [-0.25, -0.2) is 0 Å². The van der Waals surface area contributed by atoms with Crippen molar-refractivity contribution in [3.63, 3.8) is 0 Å². The summed E-state index contributed by atoms with van der Waals surface area (Å²) >= 11 is 0. The van der Waals surface area contributed by atoms with Crippen molar-refractivity contribution < 1.29 is 34.7 Å². The molecule has 49 heavy (non-hydrogen) atoms. The Morgan fingerprint density at radius 3 is 2.51 bits per heavy atom. The molecule has 5 atom stereocenters. The summed E-state index contributed by atoms with van der Waals surface area (Å²) in [6, 6.07) is 11.9. The monoisotopic (exact) mass is 677 g/mol. The van der Waals surface area contributed by atoms with Gasteiger partial charge in [0.1, 0.15) is 11.5 Å². The van der Waals surface area contributed by atoms with Crippen LogP contribution in [0.25, 0.3) is 0 Å². The molecule has 0 spiro atoms. The molecular weight excluding hydrogens is 618 g/mol. The summed E-state index contributed by atoms with van der Waals surface area (Å²) in [5.74, 6) is 1.50. The first-order valence-corrected chi connectivity index (χ1v) is 18.5. The third-order valence-electron chi connectivity index (χ3n) is 12.0. The number of ether oxygens (including phenoxy) is 2. The van der Waals surface area contributed by atoms with Gasteiger partial charge in [0.15, 0.2) is 5.78 Å². The van der Waals surface area contributed by atoms with Gasteiger partial charge in [-0.3, -0.25) is 9.69 Å². The van der Waals surface area contributed by atoms with Gasteiger partial charge in [-0.2, -0.15) is 0 Å². The lowest BCUT2D eigenvalue weighted by molar-refractivity contribution is -0.0908. The van der Waals surface area contributed by atoms with Gasteiger partial charge in [-0.1, -0.05) is 56.0 Å². The molecule has 0 unspecified atom stereocenters. The Labute approximate surface area is 293 Å². The van der Waals surface area contributed by atoms with E-state index in [2.05, 4.69) is 38.1 Å². The molecule has 0 aliphatic heterocycles. The molecular formula is C41H59NO7. The second kappa shape index (κ2) is 16.5. The van der Waals surface area contributed by atoms with Crippen molar-refractivity contribution in [1.82, 2.24) is 4.90 Å². The number of carbonyl (C=O) groups is 1. The number of ketones is 1. The smallest absolute Gasteiger partial charge is 0.166 e. The van der Waals surface area contributed by atoms with Crippen molar-refractivity contribution in [1.29, 1.82) is 0 Å². The van der Waals surface area contributed by atoms with E-state index in [1.54, 1.807) is 14.2 Å². The molecule has 270 valence electrons. The highest BCUT2D eigenvalue weighted by Gasteiger charge is 2.57. The van der Waals surface area contributed by atoms with Crippen LogP contribution in [0.1, 0.15) is 117 Å². The van der Waals surface area contributed by atoms with Crippen LogP contribution in [-0.2, 0) is 13.0 Å². The molecule has 4 aliphatic rings. The number of methoxy groups -OCH3 is 2. The molecule has 2 bridgehead atoms. The zero-order chi connectivity index (χ0) is 35.2. The molecule has 4 N–H and O–H groups in total. The van der Waals surface area contributed by atoms with Crippen LogP contribution in [0.5, 0.6) is 11.5 Å². The maximum Gasteiger partial charge on any atom is 0.166 e. The number of hydrogen-bond acceptors (Lipinski definition) is 8. The minimum Gasteiger partial charge on any atom is -0.497 e. The molecule has 2 aromatic rings. The quantitative estimate of drug-likeness (QED) is 0.160. The lowest BCUT2D eigenvalue weighted by Crippen LogP contribution is -2.53. The van der Waals surface area contributed by atoms with E-state index in [4.69, 9.17) is 9.47 Å². The normalized spacial score (nSPS) is 27.3. The van der Waals surface area contributed by atoms with Crippen molar-refractivity contribution in [3.05, 3.63) is 70.3 Å². The number of hydrogen-bond donors (Lipinski definition) is 4. The van der Waals surface area contributed by atoms with Gasteiger partial charge in [-0.05, 0) is 93.9 Å². The first-order chi connectivity index (χ1) is 23.5. The summed E-state index contributed by atoms with van der Waals surface area (Å²) in [6.45, 7) is 4.79. The van der Waals surface area contributed by atoms with E-state index in [1.165, 1.54) is 12.0 Å². The highest BCUT2D eigenvalue weighted by molar-refractivity contribution is 5.99. The summed E-state index contributed by atoms with van der Waals surface area (Å²) in [5, 5.41) is 44.4. The third-order valence-corrected chi connectivity index (χ3v) is 12.0. The highest BCUT2D eigenvalue weighted by Crippen LogP contribution is 2.59. The average molecular weight is 678 g/mol. The van der Waals surface area contributed by atoms with E-state index in [1.807, 2.05) is 23.1 Å². The van der Waals surface area contributed by atoms with Crippen LogP contribution in [0.4, 0.5) is 0 Å². The van der Waals surface area contributed by atoms with Gasteiger partial charge in [0.25, 0.3) is 0 Å². The van der Waals surface area contributed by atoms with Gasteiger partial charge in [0.05, 0.1) is 38.6 Å². The Bertz CT molecular complexity index is 1450. The molecule has 6 rings (SSSR count). The molecule has 8 nitrogen and oxygen atoms in total. The predicted molar refractivity (Wildman–Crippen MR) is 192 cm³/mol. The van der Waals surface area contributed by atoms with Gasteiger partial charge in [-0.15, -0.1) is 0 Å². The summed E-state index contributed by atoms with van der Waals surface area (Å²) in [5.41, 5.74) is 3.16. The molecule has 8 heteroatoms. The molecule has 0 saturated heterocycles. The summed E-state index contributed by atoms with van der Waals surface area (Å²) in [7, 11) is 3.23. The van der Waals surface area contributed by atoms with Gasteiger partial charge in [0.2, 0.25) is 0 Å². The van der Waals surface area contributed by atoms with E-state index in [0.29, 0.717) is 37.3 Å². The second-order valence-corrected chi connectivity index (χ2v) is 15.3. The lowest BCUT2D eigenvalue weighted by Gasteiger charge is -2.46. The number of aliphatic hydroxyl groups excluding tert-OH is 3. The Balaban J connectivity index is 1.55. The van der Waals surface area contributed by atoms with Crippen LogP contribution in [0.3, 0.4) is 0 Å². The SMILES string of the molecule is COc1ccc(CN(C[C@H](O)CO)C[C@]2(O)CC[C@H]3c4ccc(cc4C(=O)C4CCCCC4)C[C@@H](O)CCC(C)=CCC[C@@]32C)c(OC)c1. The minimum atomic E-state index is -1.15. The number of nitrogens with zero attached hydrogens (tertiary/aromatic N) is 1. The highest BCUT2D eigenvalue weighted by atomic mass is 16.5. The van der Waals surface area contributed by atoms with E-state index in [0.717, 1.165) is 73.6 Å². The third kappa shape index (κ3) is 8.59. The maximum atomic E-state index is 14.4. The number of carbonyl (C=O) groups excluding carboxylic acids is 1. The fourth-order valence-corrected chi connectivity index (χ4v) is 8.93. The molecule has 0 aromatic heterocycles. The fourth-order valence-electron chi connectivity index (χ4n) is 8.93. The van der Waals surface area contributed by atoms with Crippen molar-refractivity contribution in [2.75, 3.05) is 33.9 Å². The van der Waals surface area contributed by atoms with Gasteiger partial charge >= 0.3 is 0 Å². The molecule has 4 aliphatic carbocycles. The number of fused-ring (bicyclic) bond motifs is 8. The molecule has 2 saturated carbocycles. The van der Waals surface area contributed by atoms with Crippen LogP contribution < -0.4 is 9.47 Å². The first kappa shape index (κ1) is 37.5. The second-order valence-electron chi connectivity index (χ2n) is 15.3. The van der Waals surface area contributed by atoms with Crippen molar-refractivity contribution in [2.45, 2.75) is 121 Å². The molecule has 2 aromatic carbocycles. The van der Waals surface area contributed by atoms with Crippen LogP contribution >= 0.6 is 0 Å². The van der Waals surface area contributed by atoms with Gasteiger partial charge in [0, 0.05) is 48.2 Å². The molecule has 0 amide bonds. The molecule has 2 fully saturated rings. The fraction of sp³-hybridized carbons (Fsp3) is 0.634. The summed E-state index contributed by atoms with van der Waals surface area (Å²) in [4.78, 5) is 16.4. The maximum absolute atomic E-state index is 14.4. The Hall–Kier alpha value is -2.75. The Kier molecular flexibility index (Phi) is 12.6. The molecule has 0 heterocycles. The molecule has 0 radical (unpaired) electrons. The number of benzene rings is 2. The largest absolute Gasteiger partial charge is 0.497 e. The van der Waals surface area contributed by atoms with Crippen LogP contribution in [0.15, 0.2) is 48.0 Å². The number of Topliss-reactive ketones (excluding diaryl/α,β-unsaturated/α-hetero) is 1. The average Bonchev–Trinajstić information content (AvgIpc) is 3.35. The van der Waals surface area contributed by atoms with Crippen molar-refractivity contribution >= 4 is 5.78 Å². The van der Waals surface area contributed by atoms with Gasteiger partial charge < -0.3 is 29.9 Å². The van der Waals surface area contributed by atoms with Crippen LogP contribution in [0, 0.1) is 11.3 Å². The van der Waals surface area contributed by atoms with Crippen LogP contribution in [-0.4, -0.2) is 82.8 Å². The Morgan fingerprint density at radius 2 is 1.80 bits per heavy atom. The number of rotatable bonds is 11. The number of allylic oxidation sites excluding steroid dienone is 2. The van der Waals surface area contributed by atoms with E-state index in [9.17, 15) is 25.2 Å². The summed E-state index contributed by atoms with van der Waals surface area (Å²) < 4.78 is 11.1. The van der Waals surface area contributed by atoms with E-state index >= 15 is 0 Å². The topological polar surface area (TPSA) is 120 Å². The number of aliphatic hydroxyl groups is 4. The first-order valence-electron chi connectivity index (χ1n) is 18.5. The van der Waals surface area contributed by atoms with Crippen molar-refractivity contribution in [2.24, 2.45) is 11.3 Å². The summed E-state index contributed by atoms with van der Waals surface area (Å²) in [6.07, 6.45) is 10.7. The Morgan fingerprint density at radius 1 is 1.02 bits per heavy atom. The predicted octanol–water partition coefficient (Wildman–Crippen LogP) is 6.36. The minimum absolute atomic E-state index is 0.0126. The van der Waals surface area contributed by atoms with Crippen LogP contribution in [0.2, 0.25) is 0 Å².